The summed E-state index contributed by atoms with van der Waals surface area (Å²) in [5.74, 6) is 7.05. The standard InChI is InChI=1S/C29H29N7O/c1-20-11-14-34(17-20)13-4-5-21-15-22(10-12-31-21)36-23-8-9-24(36)19-35(18-23)27-16-26(32-33-29(27)30)25-6-2-3-7-28(25)37/h2-3,6-7,10-12,14-17,23-24,37H,8-9,13,18-19H2,1H3,(H2,30,33). The summed E-state index contributed by atoms with van der Waals surface area (Å²) in [5, 5.41) is 18.8. The molecule has 4 aromatic rings. The number of piperazine rings is 1. The third-order valence-corrected chi connectivity index (χ3v) is 7.22. The molecule has 5 heterocycles. The Morgan fingerprint density at radius 1 is 1.05 bits per heavy atom. The highest BCUT2D eigenvalue weighted by Gasteiger charge is 2.40. The number of benzene rings is 1. The molecule has 0 spiro atoms. The molecule has 3 aromatic heterocycles. The first-order chi connectivity index (χ1) is 18.0. The molecular weight excluding hydrogens is 462 g/mol. The molecule has 1 aromatic carbocycles. The van der Waals surface area contributed by atoms with Gasteiger partial charge in [0.05, 0.1) is 17.9 Å². The van der Waals surface area contributed by atoms with Crippen molar-refractivity contribution in [3.8, 4) is 28.8 Å². The quantitative estimate of drug-likeness (QED) is 0.419. The van der Waals surface area contributed by atoms with Gasteiger partial charge in [-0.05, 0) is 67.6 Å². The molecule has 0 amide bonds. The average Bonchev–Trinajstić information content (AvgIpc) is 3.44. The van der Waals surface area contributed by atoms with E-state index in [2.05, 4.69) is 72.7 Å². The summed E-state index contributed by atoms with van der Waals surface area (Å²) in [5.41, 5.74) is 11.6. The Morgan fingerprint density at radius 2 is 1.86 bits per heavy atom. The lowest BCUT2D eigenvalue weighted by molar-refractivity contribution is 0.477. The number of hydrogen-bond donors (Lipinski definition) is 2. The van der Waals surface area contributed by atoms with E-state index in [1.165, 1.54) is 11.3 Å². The Hall–Kier alpha value is -4.51. The zero-order valence-corrected chi connectivity index (χ0v) is 20.7. The fourth-order valence-corrected chi connectivity index (χ4v) is 5.52. The lowest BCUT2D eigenvalue weighted by atomic mass is 10.1. The van der Waals surface area contributed by atoms with Crippen LogP contribution in [0.3, 0.4) is 0 Å². The van der Waals surface area contributed by atoms with E-state index >= 15 is 0 Å². The van der Waals surface area contributed by atoms with E-state index in [-0.39, 0.29) is 5.75 Å². The minimum absolute atomic E-state index is 0.178. The Labute approximate surface area is 216 Å². The van der Waals surface area contributed by atoms with Crippen molar-refractivity contribution < 1.29 is 5.11 Å². The first-order valence-corrected chi connectivity index (χ1v) is 12.6. The van der Waals surface area contributed by atoms with Crippen molar-refractivity contribution in [1.82, 2.24) is 19.7 Å². The molecule has 3 N–H and O–H groups in total. The molecule has 2 bridgehead atoms. The third kappa shape index (κ3) is 4.56. The Bertz CT molecular complexity index is 1490. The van der Waals surface area contributed by atoms with E-state index in [1.807, 2.05) is 30.6 Å². The number of nitrogens with two attached hydrogens (primary N) is 1. The van der Waals surface area contributed by atoms with Crippen LogP contribution in [0, 0.1) is 18.8 Å². The highest BCUT2D eigenvalue weighted by Crippen LogP contribution is 2.38. The van der Waals surface area contributed by atoms with Crippen LogP contribution in [0.2, 0.25) is 0 Å². The van der Waals surface area contributed by atoms with Crippen LogP contribution in [0.5, 0.6) is 5.75 Å². The number of aromatic nitrogens is 4. The number of aromatic hydroxyl groups is 1. The summed E-state index contributed by atoms with van der Waals surface area (Å²) in [6.07, 6.45) is 8.22. The van der Waals surface area contributed by atoms with Gasteiger partial charge in [-0.15, -0.1) is 10.2 Å². The molecule has 0 aliphatic carbocycles. The number of rotatable bonds is 4. The van der Waals surface area contributed by atoms with Crippen LogP contribution in [-0.2, 0) is 6.54 Å². The van der Waals surface area contributed by atoms with Gasteiger partial charge in [-0.25, -0.2) is 4.98 Å². The number of phenols is 1. The van der Waals surface area contributed by atoms with Crippen molar-refractivity contribution in [2.24, 2.45) is 0 Å². The summed E-state index contributed by atoms with van der Waals surface area (Å²) in [6.45, 7) is 4.40. The maximum absolute atomic E-state index is 10.3. The van der Waals surface area contributed by atoms with Gasteiger partial charge in [-0.3, -0.25) is 0 Å². The van der Waals surface area contributed by atoms with Crippen LogP contribution < -0.4 is 15.5 Å². The van der Waals surface area contributed by atoms with Gasteiger partial charge in [-0.2, -0.15) is 0 Å². The molecule has 0 radical (unpaired) electrons. The second-order valence-corrected chi connectivity index (χ2v) is 9.78. The Kier molecular flexibility index (Phi) is 5.89. The zero-order valence-electron chi connectivity index (χ0n) is 20.7. The molecule has 2 atom stereocenters. The van der Waals surface area contributed by atoms with Gasteiger partial charge in [0, 0.05) is 55.0 Å². The van der Waals surface area contributed by atoms with E-state index in [0.717, 1.165) is 37.3 Å². The summed E-state index contributed by atoms with van der Waals surface area (Å²) < 4.78 is 2.08. The molecule has 37 heavy (non-hydrogen) atoms. The highest BCUT2D eigenvalue weighted by atomic mass is 16.3. The lowest BCUT2D eigenvalue weighted by Gasteiger charge is -2.43. The molecule has 2 fully saturated rings. The van der Waals surface area contributed by atoms with Crippen molar-refractivity contribution in [3.05, 3.63) is 78.4 Å². The van der Waals surface area contributed by atoms with Crippen molar-refractivity contribution in [2.75, 3.05) is 28.6 Å². The van der Waals surface area contributed by atoms with Gasteiger partial charge in [0.1, 0.15) is 11.4 Å². The van der Waals surface area contributed by atoms with Crippen LogP contribution in [0.4, 0.5) is 17.2 Å². The van der Waals surface area contributed by atoms with Gasteiger partial charge < -0.3 is 25.2 Å². The molecule has 6 rings (SSSR count). The number of nitrogen functional groups attached to an aromatic ring is 1. The van der Waals surface area contributed by atoms with Crippen molar-refractivity contribution >= 4 is 17.2 Å². The van der Waals surface area contributed by atoms with Crippen LogP contribution in [-0.4, -0.2) is 50.0 Å². The van der Waals surface area contributed by atoms with Crippen molar-refractivity contribution in [1.29, 1.82) is 0 Å². The number of fused-ring (bicyclic) bond motifs is 2. The van der Waals surface area contributed by atoms with Crippen LogP contribution in [0.1, 0.15) is 24.1 Å². The zero-order chi connectivity index (χ0) is 25.4. The van der Waals surface area contributed by atoms with E-state index in [1.54, 1.807) is 12.1 Å². The Morgan fingerprint density at radius 3 is 2.62 bits per heavy atom. The van der Waals surface area contributed by atoms with Crippen LogP contribution >= 0.6 is 0 Å². The van der Waals surface area contributed by atoms with E-state index < -0.39 is 0 Å². The first-order valence-electron chi connectivity index (χ1n) is 12.6. The fourth-order valence-electron chi connectivity index (χ4n) is 5.52. The molecule has 2 aliphatic heterocycles. The number of phenolic OH excluding ortho intramolecular Hbond substituents is 1. The highest BCUT2D eigenvalue weighted by molar-refractivity contribution is 5.74. The number of nitrogens with zero attached hydrogens (tertiary/aromatic N) is 6. The molecule has 2 saturated heterocycles. The van der Waals surface area contributed by atoms with Crippen molar-refractivity contribution in [2.45, 2.75) is 38.4 Å². The normalized spacial score (nSPS) is 18.5. The second kappa shape index (κ2) is 9.51. The summed E-state index contributed by atoms with van der Waals surface area (Å²) in [7, 11) is 0. The summed E-state index contributed by atoms with van der Waals surface area (Å²) in [6, 6.07) is 16.1. The van der Waals surface area contributed by atoms with Crippen LogP contribution in [0.15, 0.2) is 67.1 Å². The number of hydrogen-bond acceptors (Lipinski definition) is 7. The Balaban J connectivity index is 1.21. The minimum Gasteiger partial charge on any atom is -0.507 e. The number of pyridine rings is 1. The number of aryl methyl sites for hydroxylation is 1. The minimum atomic E-state index is 0.178. The second-order valence-electron chi connectivity index (χ2n) is 9.78. The maximum Gasteiger partial charge on any atom is 0.169 e. The fraction of sp³-hybridized carbons (Fsp3) is 0.276. The topological polar surface area (TPSA) is 96.3 Å². The van der Waals surface area contributed by atoms with Crippen LogP contribution in [0.25, 0.3) is 11.3 Å². The van der Waals surface area contributed by atoms with Gasteiger partial charge in [0.25, 0.3) is 0 Å². The molecule has 2 unspecified atom stereocenters. The summed E-state index contributed by atoms with van der Waals surface area (Å²) >= 11 is 0. The largest absolute Gasteiger partial charge is 0.507 e. The first kappa shape index (κ1) is 22.9. The molecular formula is C29H29N7O. The molecule has 2 aliphatic rings. The van der Waals surface area contributed by atoms with Gasteiger partial charge in [-0.1, -0.05) is 18.1 Å². The van der Waals surface area contributed by atoms with E-state index in [9.17, 15) is 5.11 Å². The monoisotopic (exact) mass is 491 g/mol. The van der Waals surface area contributed by atoms with Gasteiger partial charge in [0.15, 0.2) is 5.82 Å². The SMILES string of the molecule is Cc1ccn(CC#Cc2cc(N3C4CCC3CN(c3cc(-c5ccccc5O)nnc3N)C4)ccn2)c1. The number of para-hydroxylation sites is 1. The predicted molar refractivity (Wildman–Crippen MR) is 145 cm³/mol. The maximum atomic E-state index is 10.3. The smallest absolute Gasteiger partial charge is 0.169 e. The van der Waals surface area contributed by atoms with E-state index in [4.69, 9.17) is 5.73 Å². The van der Waals surface area contributed by atoms with Gasteiger partial charge >= 0.3 is 0 Å². The van der Waals surface area contributed by atoms with Gasteiger partial charge in [0.2, 0.25) is 0 Å². The number of anilines is 3. The van der Waals surface area contributed by atoms with E-state index in [0.29, 0.717) is 35.7 Å². The summed E-state index contributed by atoms with van der Waals surface area (Å²) in [4.78, 5) is 9.32. The lowest BCUT2D eigenvalue weighted by Crippen LogP contribution is -2.54. The van der Waals surface area contributed by atoms with Crippen molar-refractivity contribution in [3.63, 3.8) is 0 Å². The average molecular weight is 492 g/mol. The molecule has 8 heteroatoms. The third-order valence-electron chi connectivity index (χ3n) is 7.22. The molecule has 186 valence electrons. The molecule has 0 saturated carbocycles. The molecule has 8 nitrogen and oxygen atoms in total. The predicted octanol–water partition coefficient (Wildman–Crippen LogP) is 3.85.